The van der Waals surface area contributed by atoms with E-state index in [2.05, 4.69) is 20.7 Å². The second-order valence-electron chi connectivity index (χ2n) is 4.97. The molecule has 0 bridgehead atoms. The first kappa shape index (κ1) is 17.2. The molecule has 1 aliphatic rings. The van der Waals surface area contributed by atoms with Gasteiger partial charge in [0.15, 0.2) is 0 Å². The van der Waals surface area contributed by atoms with Gasteiger partial charge in [-0.15, -0.1) is 0 Å². The summed E-state index contributed by atoms with van der Waals surface area (Å²) in [6.07, 6.45) is -0.486. The average Bonchev–Trinajstić information content (AvgIpc) is 2.44. The van der Waals surface area contributed by atoms with Gasteiger partial charge in [0.2, 0.25) is 0 Å². The van der Waals surface area contributed by atoms with Crippen molar-refractivity contribution in [2.75, 3.05) is 13.7 Å². The first-order valence-corrected chi connectivity index (χ1v) is 8.77. The molecule has 1 atom stereocenters. The molecule has 0 N–H and O–H groups in total. The van der Waals surface area contributed by atoms with Gasteiger partial charge < -0.3 is 4.74 Å². The topological polar surface area (TPSA) is 66.9 Å². The van der Waals surface area contributed by atoms with E-state index in [-0.39, 0.29) is 24.7 Å². The molecule has 1 saturated heterocycles. The molecule has 6 nitrogen and oxygen atoms in total. The molecule has 22 heavy (non-hydrogen) atoms. The smallest absolute Gasteiger partial charge is 0.424 e. The molecule has 0 saturated carbocycles. The van der Waals surface area contributed by atoms with Crippen LogP contribution in [0, 0.1) is 5.82 Å². The van der Waals surface area contributed by atoms with E-state index in [0.717, 1.165) is 11.4 Å². The first-order chi connectivity index (χ1) is 10.3. The number of carbonyl (C=O) groups is 1. The summed E-state index contributed by atoms with van der Waals surface area (Å²) in [7, 11) is -2.92. The van der Waals surface area contributed by atoms with Crippen LogP contribution < -0.4 is 0 Å². The van der Waals surface area contributed by atoms with Gasteiger partial charge in [-0.2, -0.15) is 17.0 Å². The molecule has 1 aromatic rings. The summed E-state index contributed by atoms with van der Waals surface area (Å²) in [6.45, 7) is 1.63. The van der Waals surface area contributed by atoms with E-state index in [1.807, 2.05) is 0 Å². The van der Waals surface area contributed by atoms with Crippen molar-refractivity contribution in [3.63, 3.8) is 0 Å². The lowest BCUT2D eigenvalue weighted by atomic mass is 10.2. The van der Waals surface area contributed by atoms with E-state index >= 15 is 0 Å². The third-order valence-corrected chi connectivity index (χ3v) is 6.00. The molecular weight excluding hydrogens is 379 g/mol. The molecular formula is C13H16BrFN2O4S. The maximum absolute atomic E-state index is 13.9. The van der Waals surface area contributed by atoms with E-state index in [0.29, 0.717) is 15.2 Å². The largest absolute Gasteiger partial charge is 0.452 e. The summed E-state index contributed by atoms with van der Waals surface area (Å²) in [6, 6.07) is 4.08. The van der Waals surface area contributed by atoms with Crippen LogP contribution in [0.5, 0.6) is 0 Å². The molecule has 0 aromatic heterocycles. The van der Waals surface area contributed by atoms with Crippen molar-refractivity contribution in [1.82, 2.24) is 8.61 Å². The number of amides is 1. The zero-order valence-corrected chi connectivity index (χ0v) is 14.5. The molecule has 1 amide bonds. The molecule has 1 aromatic carbocycles. The second kappa shape index (κ2) is 6.51. The van der Waals surface area contributed by atoms with E-state index in [9.17, 15) is 17.6 Å². The third kappa shape index (κ3) is 3.26. The fourth-order valence-corrected chi connectivity index (χ4v) is 4.31. The summed E-state index contributed by atoms with van der Waals surface area (Å²) in [4.78, 5) is 11.6. The van der Waals surface area contributed by atoms with Gasteiger partial charge in [0.1, 0.15) is 5.82 Å². The monoisotopic (exact) mass is 394 g/mol. The van der Waals surface area contributed by atoms with Gasteiger partial charge in [0, 0.05) is 29.2 Å². The summed E-state index contributed by atoms with van der Waals surface area (Å²) < 4.78 is 45.9. The van der Waals surface area contributed by atoms with Gasteiger partial charge in [-0.1, -0.05) is 22.0 Å². The molecule has 0 radical (unpaired) electrons. The van der Waals surface area contributed by atoms with Crippen molar-refractivity contribution in [1.29, 1.82) is 0 Å². The van der Waals surface area contributed by atoms with Crippen molar-refractivity contribution in [2.24, 2.45) is 0 Å². The van der Waals surface area contributed by atoms with Crippen LogP contribution in [-0.4, -0.2) is 42.8 Å². The van der Waals surface area contributed by atoms with Crippen LogP contribution in [0.4, 0.5) is 9.18 Å². The second-order valence-corrected chi connectivity index (χ2v) is 7.69. The highest BCUT2D eigenvalue weighted by molar-refractivity contribution is 9.10. The molecule has 2 rings (SSSR count). The molecule has 0 spiro atoms. The molecule has 1 aliphatic heterocycles. The normalized spacial score (nSPS) is 21.6. The third-order valence-electron chi connectivity index (χ3n) is 3.54. The summed E-state index contributed by atoms with van der Waals surface area (Å²) in [5.41, 5.74) is 0.241. The first-order valence-electron chi connectivity index (χ1n) is 6.58. The molecule has 1 fully saturated rings. The molecule has 0 aliphatic carbocycles. The molecule has 0 unspecified atom stereocenters. The van der Waals surface area contributed by atoms with Crippen molar-refractivity contribution in [2.45, 2.75) is 25.9 Å². The minimum atomic E-state index is -4.04. The van der Waals surface area contributed by atoms with Gasteiger partial charge in [-0.3, -0.25) is 0 Å². The summed E-state index contributed by atoms with van der Waals surface area (Å²) in [5, 5.41) is 0. The number of methoxy groups -OCH3 is 1. The zero-order chi connectivity index (χ0) is 16.5. The van der Waals surface area contributed by atoms with Gasteiger partial charge in [-0.05, 0) is 25.5 Å². The molecule has 1 heterocycles. The van der Waals surface area contributed by atoms with E-state index in [1.165, 1.54) is 12.1 Å². The standard InChI is InChI=1S/C13H16BrFN2O4S/c1-9-5-6-16(13(18)21-2)22(19,20)17(9)8-10-3-4-11(14)7-12(10)15/h3-4,7,9H,5-6,8H2,1-2H3/t9-/m0/s1. The highest BCUT2D eigenvalue weighted by Gasteiger charge is 2.41. The number of benzene rings is 1. The lowest BCUT2D eigenvalue weighted by molar-refractivity contribution is 0.135. The minimum absolute atomic E-state index is 0.0511. The van der Waals surface area contributed by atoms with Gasteiger partial charge >= 0.3 is 16.3 Å². The average molecular weight is 395 g/mol. The van der Waals surface area contributed by atoms with Crippen LogP contribution in [0.15, 0.2) is 22.7 Å². The Morgan fingerprint density at radius 3 is 2.77 bits per heavy atom. The zero-order valence-electron chi connectivity index (χ0n) is 12.1. The number of carbonyl (C=O) groups excluding carboxylic acids is 1. The molecule has 122 valence electrons. The number of hydrogen-bond acceptors (Lipinski definition) is 4. The highest BCUT2D eigenvalue weighted by atomic mass is 79.9. The minimum Gasteiger partial charge on any atom is -0.452 e. The van der Waals surface area contributed by atoms with Crippen molar-refractivity contribution >= 4 is 32.2 Å². The van der Waals surface area contributed by atoms with Crippen LogP contribution >= 0.6 is 15.9 Å². The lowest BCUT2D eigenvalue weighted by Gasteiger charge is -2.38. The van der Waals surface area contributed by atoms with Crippen molar-refractivity contribution in [3.8, 4) is 0 Å². The van der Waals surface area contributed by atoms with Crippen LogP contribution in [0.1, 0.15) is 18.9 Å². The van der Waals surface area contributed by atoms with Crippen molar-refractivity contribution in [3.05, 3.63) is 34.1 Å². The highest BCUT2D eigenvalue weighted by Crippen LogP contribution is 2.26. The van der Waals surface area contributed by atoms with E-state index in [4.69, 9.17) is 0 Å². The number of halogens is 2. The van der Waals surface area contributed by atoms with Crippen LogP contribution in [-0.2, 0) is 21.5 Å². The number of hydrogen-bond donors (Lipinski definition) is 0. The Kier molecular flexibility index (Phi) is 5.08. The Morgan fingerprint density at radius 1 is 1.50 bits per heavy atom. The number of nitrogens with zero attached hydrogens (tertiary/aromatic N) is 2. The quantitative estimate of drug-likeness (QED) is 0.772. The Labute approximate surface area is 137 Å². The van der Waals surface area contributed by atoms with E-state index < -0.39 is 22.1 Å². The number of rotatable bonds is 2. The summed E-state index contributed by atoms with van der Waals surface area (Å²) >= 11 is 3.15. The van der Waals surface area contributed by atoms with Crippen molar-refractivity contribution < 1.29 is 22.3 Å². The fourth-order valence-electron chi connectivity index (χ4n) is 2.26. The SMILES string of the molecule is COC(=O)N1CC[C@H](C)N(Cc2ccc(Br)cc2F)S1(=O)=O. The predicted octanol–water partition coefficient (Wildman–Crippen LogP) is 2.50. The Hall–Kier alpha value is -1.19. The lowest BCUT2D eigenvalue weighted by Crippen LogP contribution is -2.55. The fraction of sp³-hybridized carbons (Fsp3) is 0.462. The van der Waals surface area contributed by atoms with Crippen LogP contribution in [0.25, 0.3) is 0 Å². The Bertz CT molecular complexity index is 683. The van der Waals surface area contributed by atoms with Crippen LogP contribution in [0.2, 0.25) is 0 Å². The Balaban J connectivity index is 2.33. The maximum atomic E-state index is 13.9. The predicted molar refractivity (Wildman–Crippen MR) is 81.8 cm³/mol. The molecule has 9 heteroatoms. The maximum Gasteiger partial charge on any atom is 0.424 e. The number of ether oxygens (including phenoxy) is 1. The Morgan fingerprint density at radius 2 is 2.18 bits per heavy atom. The van der Waals surface area contributed by atoms with Gasteiger partial charge in [-0.25, -0.2) is 9.18 Å². The summed E-state index contributed by atoms with van der Waals surface area (Å²) in [5.74, 6) is -0.507. The van der Waals surface area contributed by atoms with Gasteiger partial charge in [0.05, 0.1) is 7.11 Å². The van der Waals surface area contributed by atoms with E-state index in [1.54, 1.807) is 13.0 Å². The van der Waals surface area contributed by atoms with Crippen LogP contribution in [0.3, 0.4) is 0 Å². The van der Waals surface area contributed by atoms with Gasteiger partial charge in [0.25, 0.3) is 0 Å².